The molecule has 2 rings (SSSR count). The Hall–Kier alpha value is -0.980. The fourth-order valence-corrected chi connectivity index (χ4v) is 1.28. The van der Waals surface area contributed by atoms with Gasteiger partial charge in [0.15, 0.2) is 0 Å². The summed E-state index contributed by atoms with van der Waals surface area (Å²) in [6, 6.07) is 5.46. The van der Waals surface area contributed by atoms with E-state index in [9.17, 15) is 0 Å². The summed E-state index contributed by atoms with van der Waals surface area (Å²) in [5.74, 6) is 0.341. The molecule has 0 saturated carbocycles. The van der Waals surface area contributed by atoms with Gasteiger partial charge in [0.05, 0.1) is 0 Å². The first-order valence-electron chi connectivity index (χ1n) is 3.42. The molecule has 0 saturated heterocycles. The standard InChI is InChI=1S/C9H8O/c10-9-5-4-7-2-1-3-8(7)6-9/h4-6,10H,1-2H2. The molecule has 1 aliphatic rings. The van der Waals surface area contributed by atoms with Crippen LogP contribution in [0.4, 0.5) is 0 Å². The molecule has 1 aliphatic carbocycles. The summed E-state index contributed by atoms with van der Waals surface area (Å²) in [6.07, 6.45) is 5.26. The summed E-state index contributed by atoms with van der Waals surface area (Å²) in [6.45, 7) is 0. The van der Waals surface area contributed by atoms with Crippen molar-refractivity contribution >= 4 is 0 Å². The number of phenolic OH excluding ortho intramolecular Hbond substituents is 1. The van der Waals surface area contributed by atoms with E-state index in [1.54, 1.807) is 12.1 Å². The molecule has 0 bridgehead atoms. The molecule has 1 heteroatoms. The van der Waals surface area contributed by atoms with Crippen molar-refractivity contribution in [2.75, 3.05) is 0 Å². The van der Waals surface area contributed by atoms with E-state index in [0.29, 0.717) is 5.75 Å². The summed E-state index contributed by atoms with van der Waals surface area (Å²) in [5.41, 5.74) is 2.39. The van der Waals surface area contributed by atoms with Gasteiger partial charge in [-0.25, -0.2) is 0 Å². The Kier molecular flexibility index (Phi) is 1.16. The van der Waals surface area contributed by atoms with E-state index in [2.05, 4.69) is 6.42 Å². The van der Waals surface area contributed by atoms with E-state index in [4.69, 9.17) is 5.11 Å². The van der Waals surface area contributed by atoms with Crippen LogP contribution in [-0.4, -0.2) is 5.11 Å². The second kappa shape index (κ2) is 2.01. The average Bonchev–Trinajstić information content (AvgIpc) is 2.33. The maximum atomic E-state index is 9.06. The highest BCUT2D eigenvalue weighted by atomic mass is 16.3. The topological polar surface area (TPSA) is 20.2 Å². The van der Waals surface area contributed by atoms with Crippen LogP contribution in [0.2, 0.25) is 0 Å². The molecular weight excluding hydrogens is 124 g/mol. The molecule has 0 aliphatic heterocycles. The zero-order valence-corrected chi connectivity index (χ0v) is 5.59. The molecule has 0 heterocycles. The zero-order valence-electron chi connectivity index (χ0n) is 5.59. The molecule has 0 spiro atoms. The van der Waals surface area contributed by atoms with Gasteiger partial charge in [-0.1, -0.05) is 6.07 Å². The molecule has 0 atom stereocenters. The first-order chi connectivity index (χ1) is 4.86. The monoisotopic (exact) mass is 132 g/mol. The fourth-order valence-electron chi connectivity index (χ4n) is 1.28. The first-order valence-corrected chi connectivity index (χ1v) is 3.42. The molecule has 1 N–H and O–H groups in total. The molecule has 10 heavy (non-hydrogen) atoms. The van der Waals surface area contributed by atoms with E-state index in [0.717, 1.165) is 18.4 Å². The molecule has 50 valence electrons. The quantitative estimate of drug-likeness (QED) is 0.570. The van der Waals surface area contributed by atoms with Crippen LogP contribution >= 0.6 is 0 Å². The van der Waals surface area contributed by atoms with Crippen LogP contribution in [0.15, 0.2) is 18.2 Å². The van der Waals surface area contributed by atoms with E-state index in [1.807, 2.05) is 6.07 Å². The molecule has 1 aromatic rings. The molecule has 0 unspecified atom stereocenters. The minimum Gasteiger partial charge on any atom is -0.508 e. The Morgan fingerprint density at radius 1 is 1.40 bits per heavy atom. The van der Waals surface area contributed by atoms with Gasteiger partial charge in [-0.05, 0) is 36.1 Å². The third-order valence-electron chi connectivity index (χ3n) is 1.80. The lowest BCUT2D eigenvalue weighted by atomic mass is 10.1. The summed E-state index contributed by atoms with van der Waals surface area (Å²) in [7, 11) is 0. The number of aryl methyl sites for hydroxylation is 1. The van der Waals surface area contributed by atoms with Gasteiger partial charge in [0.1, 0.15) is 5.75 Å². The predicted octanol–water partition coefficient (Wildman–Crippen LogP) is 1.77. The Bertz CT molecular complexity index is 253. The van der Waals surface area contributed by atoms with Crippen molar-refractivity contribution in [2.45, 2.75) is 12.8 Å². The lowest BCUT2D eigenvalue weighted by molar-refractivity contribution is 0.475. The first kappa shape index (κ1) is 5.78. The van der Waals surface area contributed by atoms with Crippen molar-refractivity contribution in [1.82, 2.24) is 0 Å². The highest BCUT2D eigenvalue weighted by Crippen LogP contribution is 2.26. The predicted molar refractivity (Wildman–Crippen MR) is 38.8 cm³/mol. The lowest BCUT2D eigenvalue weighted by Crippen LogP contribution is -1.78. The third kappa shape index (κ3) is 0.783. The van der Waals surface area contributed by atoms with E-state index in [-0.39, 0.29) is 0 Å². The molecule has 0 fully saturated rings. The van der Waals surface area contributed by atoms with E-state index >= 15 is 0 Å². The zero-order chi connectivity index (χ0) is 6.97. The van der Waals surface area contributed by atoms with E-state index < -0.39 is 0 Å². The Morgan fingerprint density at radius 2 is 2.30 bits per heavy atom. The normalized spacial score (nSPS) is 15.2. The van der Waals surface area contributed by atoms with E-state index in [1.165, 1.54) is 5.56 Å². The summed E-state index contributed by atoms with van der Waals surface area (Å²) < 4.78 is 0. The van der Waals surface area contributed by atoms with Crippen LogP contribution in [0, 0.1) is 6.42 Å². The van der Waals surface area contributed by atoms with Crippen molar-refractivity contribution in [3.05, 3.63) is 35.7 Å². The smallest absolute Gasteiger partial charge is 0.115 e. The number of hydrogen-bond donors (Lipinski definition) is 1. The van der Waals surface area contributed by atoms with Crippen LogP contribution in [0.3, 0.4) is 0 Å². The fraction of sp³-hybridized carbons (Fsp3) is 0.222. The van der Waals surface area contributed by atoms with Gasteiger partial charge < -0.3 is 5.11 Å². The van der Waals surface area contributed by atoms with Crippen molar-refractivity contribution in [3.8, 4) is 5.75 Å². The van der Waals surface area contributed by atoms with Crippen LogP contribution in [0.1, 0.15) is 17.5 Å². The molecule has 1 aromatic carbocycles. The number of fused-ring (bicyclic) bond motifs is 1. The summed E-state index contributed by atoms with van der Waals surface area (Å²) in [4.78, 5) is 0. The SMILES string of the molecule is Oc1ccc2c(c1)[C]CC2. The Morgan fingerprint density at radius 3 is 3.20 bits per heavy atom. The number of aromatic hydroxyl groups is 1. The Balaban J connectivity index is 2.52. The number of benzene rings is 1. The minimum atomic E-state index is 0.341. The van der Waals surface area contributed by atoms with Crippen LogP contribution < -0.4 is 0 Å². The van der Waals surface area contributed by atoms with Gasteiger partial charge in [0.25, 0.3) is 0 Å². The van der Waals surface area contributed by atoms with Gasteiger partial charge in [-0.2, -0.15) is 0 Å². The lowest BCUT2D eigenvalue weighted by Gasteiger charge is -1.96. The molecular formula is C9H8O. The number of phenols is 1. The van der Waals surface area contributed by atoms with Gasteiger partial charge in [-0.3, -0.25) is 0 Å². The maximum Gasteiger partial charge on any atom is 0.115 e. The average molecular weight is 132 g/mol. The highest BCUT2D eigenvalue weighted by Gasteiger charge is 2.10. The second-order valence-corrected chi connectivity index (χ2v) is 2.52. The van der Waals surface area contributed by atoms with Gasteiger partial charge in [0, 0.05) is 6.42 Å². The Labute approximate surface area is 60.3 Å². The van der Waals surface area contributed by atoms with Gasteiger partial charge >= 0.3 is 0 Å². The van der Waals surface area contributed by atoms with Crippen molar-refractivity contribution in [1.29, 1.82) is 0 Å². The largest absolute Gasteiger partial charge is 0.508 e. The summed E-state index contributed by atoms with van der Waals surface area (Å²) in [5, 5.41) is 9.06. The second-order valence-electron chi connectivity index (χ2n) is 2.52. The van der Waals surface area contributed by atoms with Crippen LogP contribution in [-0.2, 0) is 6.42 Å². The maximum absolute atomic E-state index is 9.06. The van der Waals surface area contributed by atoms with Crippen molar-refractivity contribution in [2.24, 2.45) is 0 Å². The van der Waals surface area contributed by atoms with Crippen molar-refractivity contribution < 1.29 is 5.11 Å². The number of rotatable bonds is 0. The van der Waals surface area contributed by atoms with Gasteiger partial charge in [0.2, 0.25) is 0 Å². The molecule has 2 radical (unpaired) electrons. The van der Waals surface area contributed by atoms with Gasteiger partial charge in [-0.15, -0.1) is 0 Å². The molecule has 1 nitrogen and oxygen atoms in total. The summed E-state index contributed by atoms with van der Waals surface area (Å²) >= 11 is 0. The van der Waals surface area contributed by atoms with Crippen LogP contribution in [0.5, 0.6) is 5.75 Å². The third-order valence-corrected chi connectivity index (χ3v) is 1.80. The van der Waals surface area contributed by atoms with Crippen molar-refractivity contribution in [3.63, 3.8) is 0 Å². The highest BCUT2D eigenvalue weighted by molar-refractivity contribution is 5.42. The molecule has 0 aromatic heterocycles. The molecule has 0 amide bonds. The van der Waals surface area contributed by atoms with Crippen LogP contribution in [0.25, 0.3) is 0 Å². The minimum absolute atomic E-state index is 0.341. The number of hydrogen-bond acceptors (Lipinski definition) is 1.